The topological polar surface area (TPSA) is 12.5 Å². The molecule has 2 saturated carbocycles. The summed E-state index contributed by atoms with van der Waals surface area (Å²) in [5, 5.41) is 0.443. The van der Waals surface area contributed by atoms with Crippen LogP contribution >= 0.6 is 11.6 Å². The van der Waals surface area contributed by atoms with E-state index >= 15 is 0 Å². The molecule has 3 aliphatic rings. The van der Waals surface area contributed by atoms with E-state index in [0.29, 0.717) is 17.6 Å². The van der Waals surface area contributed by atoms with Crippen molar-refractivity contribution in [1.29, 1.82) is 0 Å². The zero-order valence-corrected chi connectivity index (χ0v) is 5.84. The molecule has 0 aromatic rings. The van der Waals surface area contributed by atoms with Crippen molar-refractivity contribution < 1.29 is 4.74 Å². The van der Waals surface area contributed by atoms with Crippen molar-refractivity contribution in [3.63, 3.8) is 0 Å². The molecular weight excluding hydrogens is 136 g/mol. The van der Waals surface area contributed by atoms with Crippen LogP contribution in [0.5, 0.6) is 0 Å². The lowest BCUT2D eigenvalue weighted by Crippen LogP contribution is -2.16. The second-order valence-corrected chi connectivity index (χ2v) is 4.04. The lowest BCUT2D eigenvalue weighted by molar-refractivity contribution is 0.264. The van der Waals surface area contributed by atoms with Gasteiger partial charge in [0.1, 0.15) is 0 Å². The number of fused-ring (bicyclic) bond motifs is 5. The number of epoxide rings is 1. The summed E-state index contributed by atoms with van der Waals surface area (Å²) in [6, 6.07) is 0. The van der Waals surface area contributed by atoms with Gasteiger partial charge >= 0.3 is 0 Å². The van der Waals surface area contributed by atoms with Crippen LogP contribution in [0.2, 0.25) is 0 Å². The minimum absolute atomic E-state index is 0.443. The van der Waals surface area contributed by atoms with Gasteiger partial charge in [-0.25, -0.2) is 0 Å². The van der Waals surface area contributed by atoms with Crippen molar-refractivity contribution in [3.05, 3.63) is 0 Å². The molecule has 0 aromatic carbocycles. The van der Waals surface area contributed by atoms with Crippen molar-refractivity contribution in [2.75, 3.05) is 0 Å². The van der Waals surface area contributed by atoms with Gasteiger partial charge in [-0.15, -0.1) is 11.6 Å². The zero-order valence-electron chi connectivity index (χ0n) is 5.09. The number of hydrogen-bond donors (Lipinski definition) is 0. The van der Waals surface area contributed by atoms with Crippen LogP contribution in [0.25, 0.3) is 0 Å². The third-order valence-electron chi connectivity index (χ3n) is 3.02. The predicted molar refractivity (Wildman–Crippen MR) is 34.5 cm³/mol. The lowest BCUT2D eigenvalue weighted by Gasteiger charge is -2.09. The minimum Gasteiger partial charge on any atom is -0.369 e. The van der Waals surface area contributed by atoms with Crippen LogP contribution in [0.1, 0.15) is 12.8 Å². The van der Waals surface area contributed by atoms with Gasteiger partial charge in [-0.05, 0) is 18.8 Å². The van der Waals surface area contributed by atoms with Crippen molar-refractivity contribution >= 4 is 11.6 Å². The van der Waals surface area contributed by atoms with E-state index in [1.54, 1.807) is 0 Å². The number of alkyl halides is 1. The summed E-state index contributed by atoms with van der Waals surface area (Å²) in [5.74, 6) is 1.56. The van der Waals surface area contributed by atoms with E-state index in [0.717, 1.165) is 11.8 Å². The van der Waals surface area contributed by atoms with E-state index in [2.05, 4.69) is 0 Å². The second kappa shape index (κ2) is 1.30. The van der Waals surface area contributed by atoms with Crippen LogP contribution in [0, 0.1) is 11.8 Å². The molecule has 0 spiro atoms. The van der Waals surface area contributed by atoms with E-state index in [1.807, 2.05) is 0 Å². The molecule has 9 heavy (non-hydrogen) atoms. The SMILES string of the molecule is ClC1CC2CC1C1OC21. The molecule has 2 bridgehead atoms. The molecule has 1 nitrogen and oxygen atoms in total. The first-order valence-corrected chi connectivity index (χ1v) is 4.09. The molecule has 1 saturated heterocycles. The van der Waals surface area contributed by atoms with E-state index in [9.17, 15) is 0 Å². The maximum absolute atomic E-state index is 6.05. The standard InChI is InChI=1S/C7H9ClO/c8-5-2-3-1-4(5)7-6(3)9-7/h3-7H,1-2H2. The highest BCUT2D eigenvalue weighted by Crippen LogP contribution is 2.57. The van der Waals surface area contributed by atoms with E-state index in [1.165, 1.54) is 12.8 Å². The van der Waals surface area contributed by atoms with E-state index < -0.39 is 0 Å². The smallest absolute Gasteiger partial charge is 0.0887 e. The first-order chi connectivity index (χ1) is 4.36. The van der Waals surface area contributed by atoms with Gasteiger partial charge in [0.05, 0.1) is 12.2 Å². The molecular formula is C7H9ClO. The van der Waals surface area contributed by atoms with Crippen molar-refractivity contribution in [2.24, 2.45) is 11.8 Å². The quantitative estimate of drug-likeness (QED) is 0.370. The van der Waals surface area contributed by atoms with E-state index in [4.69, 9.17) is 16.3 Å². The molecule has 5 unspecified atom stereocenters. The second-order valence-electron chi connectivity index (χ2n) is 3.48. The highest BCUT2D eigenvalue weighted by atomic mass is 35.5. The van der Waals surface area contributed by atoms with Crippen LogP contribution in [-0.4, -0.2) is 17.6 Å². The molecule has 3 fully saturated rings. The maximum Gasteiger partial charge on any atom is 0.0887 e. The van der Waals surface area contributed by atoms with Crippen molar-refractivity contribution in [3.8, 4) is 0 Å². The van der Waals surface area contributed by atoms with Crippen molar-refractivity contribution in [1.82, 2.24) is 0 Å². The molecule has 0 radical (unpaired) electrons. The van der Waals surface area contributed by atoms with E-state index in [-0.39, 0.29) is 0 Å². The summed E-state index contributed by atoms with van der Waals surface area (Å²) in [6.45, 7) is 0. The Morgan fingerprint density at radius 3 is 2.67 bits per heavy atom. The Kier molecular flexibility index (Phi) is 0.720. The molecule has 1 aliphatic heterocycles. The monoisotopic (exact) mass is 144 g/mol. The lowest BCUT2D eigenvalue weighted by atomic mass is 10.0. The predicted octanol–water partition coefficient (Wildman–Crippen LogP) is 1.40. The van der Waals surface area contributed by atoms with Gasteiger partial charge in [-0.1, -0.05) is 0 Å². The molecule has 0 N–H and O–H groups in total. The van der Waals surface area contributed by atoms with Crippen LogP contribution in [0.3, 0.4) is 0 Å². The Labute approximate surface area is 59.3 Å². The fourth-order valence-corrected chi connectivity index (χ4v) is 3.00. The largest absolute Gasteiger partial charge is 0.369 e. The third kappa shape index (κ3) is 0.468. The average Bonchev–Trinajstić information content (AvgIpc) is 2.46. The summed E-state index contributed by atoms with van der Waals surface area (Å²) in [4.78, 5) is 0. The number of halogens is 1. The first kappa shape index (κ1) is 4.97. The summed E-state index contributed by atoms with van der Waals surface area (Å²) >= 11 is 6.05. The Morgan fingerprint density at radius 1 is 1.22 bits per heavy atom. The Bertz CT molecular complexity index is 155. The van der Waals surface area contributed by atoms with Gasteiger partial charge in [0, 0.05) is 11.3 Å². The van der Waals surface area contributed by atoms with Crippen LogP contribution in [0.4, 0.5) is 0 Å². The summed E-state index contributed by atoms with van der Waals surface area (Å²) in [5.41, 5.74) is 0. The van der Waals surface area contributed by atoms with Gasteiger partial charge in [0.25, 0.3) is 0 Å². The third-order valence-corrected chi connectivity index (χ3v) is 3.52. The fraction of sp³-hybridized carbons (Fsp3) is 1.00. The Hall–Kier alpha value is 0.250. The zero-order chi connectivity index (χ0) is 6.01. The minimum atomic E-state index is 0.443. The number of rotatable bonds is 0. The van der Waals surface area contributed by atoms with Crippen LogP contribution in [-0.2, 0) is 4.74 Å². The van der Waals surface area contributed by atoms with Crippen molar-refractivity contribution in [2.45, 2.75) is 30.4 Å². The van der Waals surface area contributed by atoms with Gasteiger partial charge in [-0.3, -0.25) is 0 Å². The van der Waals surface area contributed by atoms with Crippen LogP contribution in [0.15, 0.2) is 0 Å². The normalized spacial score (nSPS) is 68.3. The van der Waals surface area contributed by atoms with Gasteiger partial charge in [0.15, 0.2) is 0 Å². The molecule has 3 rings (SSSR count). The maximum atomic E-state index is 6.05. The highest BCUT2D eigenvalue weighted by molar-refractivity contribution is 6.21. The number of ether oxygens (including phenoxy) is 1. The first-order valence-electron chi connectivity index (χ1n) is 3.66. The summed E-state index contributed by atoms with van der Waals surface area (Å²) in [6.07, 6.45) is 3.80. The molecule has 0 amide bonds. The molecule has 2 heteroatoms. The Balaban J connectivity index is 1.96. The Morgan fingerprint density at radius 2 is 2.11 bits per heavy atom. The average molecular weight is 145 g/mol. The molecule has 50 valence electrons. The molecule has 2 aliphatic carbocycles. The number of hydrogen-bond acceptors (Lipinski definition) is 1. The van der Waals surface area contributed by atoms with Gasteiger partial charge < -0.3 is 4.74 Å². The fourth-order valence-electron chi connectivity index (χ4n) is 2.53. The van der Waals surface area contributed by atoms with Gasteiger partial charge in [0.2, 0.25) is 0 Å². The molecule has 1 heterocycles. The summed E-state index contributed by atoms with van der Waals surface area (Å²) in [7, 11) is 0. The van der Waals surface area contributed by atoms with Gasteiger partial charge in [-0.2, -0.15) is 0 Å². The highest BCUT2D eigenvalue weighted by Gasteiger charge is 2.62. The molecule has 5 atom stereocenters. The summed E-state index contributed by atoms with van der Waals surface area (Å²) < 4.78 is 5.43. The molecule has 0 aromatic heterocycles. The van der Waals surface area contributed by atoms with Crippen LogP contribution < -0.4 is 0 Å².